The standard InChI is InChI=1S/C11H8N2O3/c1-2-8(11-9(3-1)16-7-13-11)15-6-10-12-4-5-14-10/h1-5,7H,6H2. The highest BCUT2D eigenvalue weighted by Crippen LogP contribution is 2.24. The molecule has 2 heterocycles. The molecule has 0 saturated carbocycles. The van der Waals surface area contributed by atoms with E-state index in [2.05, 4.69) is 9.97 Å². The van der Waals surface area contributed by atoms with Gasteiger partial charge in [0, 0.05) is 0 Å². The number of para-hydroxylation sites is 1. The molecule has 80 valence electrons. The van der Waals surface area contributed by atoms with Gasteiger partial charge in [-0.05, 0) is 12.1 Å². The molecule has 0 aliphatic carbocycles. The smallest absolute Gasteiger partial charge is 0.232 e. The molecule has 0 bridgehead atoms. The van der Waals surface area contributed by atoms with Gasteiger partial charge in [0.2, 0.25) is 5.89 Å². The summed E-state index contributed by atoms with van der Waals surface area (Å²) in [7, 11) is 0. The van der Waals surface area contributed by atoms with Gasteiger partial charge in [-0.2, -0.15) is 0 Å². The summed E-state index contributed by atoms with van der Waals surface area (Å²) in [5, 5.41) is 0. The summed E-state index contributed by atoms with van der Waals surface area (Å²) in [5.74, 6) is 1.19. The van der Waals surface area contributed by atoms with Crippen molar-refractivity contribution < 1.29 is 13.6 Å². The number of benzene rings is 1. The molecular formula is C11H8N2O3. The maximum Gasteiger partial charge on any atom is 0.232 e. The second-order valence-electron chi connectivity index (χ2n) is 3.17. The number of hydrogen-bond donors (Lipinski definition) is 0. The molecule has 0 N–H and O–H groups in total. The molecule has 0 aliphatic heterocycles. The fourth-order valence-electron chi connectivity index (χ4n) is 1.44. The zero-order valence-electron chi connectivity index (χ0n) is 8.29. The lowest BCUT2D eigenvalue weighted by Crippen LogP contribution is -1.95. The number of aromatic nitrogens is 2. The van der Waals surface area contributed by atoms with Gasteiger partial charge in [0.15, 0.2) is 24.1 Å². The van der Waals surface area contributed by atoms with Crippen LogP contribution in [0.15, 0.2) is 45.9 Å². The molecule has 0 radical (unpaired) electrons. The molecular weight excluding hydrogens is 208 g/mol. The Balaban J connectivity index is 1.86. The highest BCUT2D eigenvalue weighted by Gasteiger charge is 2.06. The van der Waals surface area contributed by atoms with Gasteiger partial charge in [0.25, 0.3) is 0 Å². The highest BCUT2D eigenvalue weighted by molar-refractivity contribution is 5.79. The second kappa shape index (κ2) is 3.69. The molecule has 5 nitrogen and oxygen atoms in total. The molecule has 0 aliphatic rings. The van der Waals surface area contributed by atoms with Gasteiger partial charge in [-0.1, -0.05) is 6.07 Å². The van der Waals surface area contributed by atoms with Crippen LogP contribution in [0.25, 0.3) is 11.1 Å². The van der Waals surface area contributed by atoms with Crippen molar-refractivity contribution >= 4 is 11.1 Å². The van der Waals surface area contributed by atoms with Gasteiger partial charge in [0.05, 0.1) is 6.20 Å². The van der Waals surface area contributed by atoms with Crippen LogP contribution < -0.4 is 4.74 Å². The number of hydrogen-bond acceptors (Lipinski definition) is 5. The molecule has 0 atom stereocenters. The number of nitrogens with zero attached hydrogens (tertiary/aromatic N) is 2. The maximum atomic E-state index is 5.54. The molecule has 3 aromatic rings. The van der Waals surface area contributed by atoms with Crippen molar-refractivity contribution in [3.63, 3.8) is 0 Å². The quantitative estimate of drug-likeness (QED) is 0.672. The number of oxazole rings is 2. The van der Waals surface area contributed by atoms with E-state index >= 15 is 0 Å². The molecule has 16 heavy (non-hydrogen) atoms. The van der Waals surface area contributed by atoms with E-state index in [1.54, 1.807) is 6.20 Å². The number of rotatable bonds is 3. The van der Waals surface area contributed by atoms with Crippen molar-refractivity contribution in [3.8, 4) is 5.75 Å². The van der Waals surface area contributed by atoms with Crippen LogP contribution in [0.2, 0.25) is 0 Å². The molecule has 0 unspecified atom stereocenters. The van der Waals surface area contributed by atoms with Gasteiger partial charge >= 0.3 is 0 Å². The summed E-state index contributed by atoms with van der Waals surface area (Å²) >= 11 is 0. The number of ether oxygens (including phenoxy) is 1. The Morgan fingerprint density at radius 2 is 2.19 bits per heavy atom. The van der Waals surface area contributed by atoms with Gasteiger partial charge in [0.1, 0.15) is 12.0 Å². The van der Waals surface area contributed by atoms with E-state index in [-0.39, 0.29) is 6.61 Å². The van der Waals surface area contributed by atoms with Crippen molar-refractivity contribution in [1.29, 1.82) is 0 Å². The molecule has 0 amide bonds. The summed E-state index contributed by atoms with van der Waals surface area (Å²) in [6, 6.07) is 5.51. The van der Waals surface area contributed by atoms with Crippen LogP contribution >= 0.6 is 0 Å². The van der Waals surface area contributed by atoms with Crippen LogP contribution in [-0.2, 0) is 6.61 Å². The fourth-order valence-corrected chi connectivity index (χ4v) is 1.44. The van der Waals surface area contributed by atoms with Crippen molar-refractivity contribution in [2.24, 2.45) is 0 Å². The predicted molar refractivity (Wildman–Crippen MR) is 54.8 cm³/mol. The van der Waals surface area contributed by atoms with Gasteiger partial charge in [-0.25, -0.2) is 9.97 Å². The molecule has 0 spiro atoms. The lowest BCUT2D eigenvalue weighted by Gasteiger charge is -2.02. The summed E-state index contributed by atoms with van der Waals surface area (Å²) in [6.45, 7) is 0.277. The molecule has 1 aromatic carbocycles. The largest absolute Gasteiger partial charge is 0.481 e. The van der Waals surface area contributed by atoms with Crippen LogP contribution in [0, 0.1) is 0 Å². The van der Waals surface area contributed by atoms with Gasteiger partial charge in [-0.15, -0.1) is 0 Å². The van der Waals surface area contributed by atoms with Crippen molar-refractivity contribution in [2.75, 3.05) is 0 Å². The van der Waals surface area contributed by atoms with E-state index in [1.165, 1.54) is 12.7 Å². The lowest BCUT2D eigenvalue weighted by atomic mass is 10.3. The minimum atomic E-state index is 0.277. The topological polar surface area (TPSA) is 61.3 Å². The van der Waals surface area contributed by atoms with E-state index in [1.807, 2.05) is 18.2 Å². The zero-order chi connectivity index (χ0) is 10.8. The van der Waals surface area contributed by atoms with Crippen molar-refractivity contribution in [3.05, 3.63) is 42.9 Å². The zero-order valence-corrected chi connectivity index (χ0v) is 8.29. The summed E-state index contributed by atoms with van der Waals surface area (Å²) in [5.41, 5.74) is 1.40. The first-order valence-electron chi connectivity index (χ1n) is 4.77. The second-order valence-corrected chi connectivity index (χ2v) is 3.17. The first-order valence-corrected chi connectivity index (χ1v) is 4.77. The number of fused-ring (bicyclic) bond motifs is 1. The monoisotopic (exact) mass is 216 g/mol. The molecule has 2 aromatic heterocycles. The SMILES string of the molecule is c1cc(OCc2ncco2)c2ncoc2c1. The van der Waals surface area contributed by atoms with Crippen LogP contribution in [0.4, 0.5) is 0 Å². The summed E-state index contributed by atoms with van der Waals surface area (Å²) < 4.78 is 15.8. The highest BCUT2D eigenvalue weighted by atomic mass is 16.5. The summed E-state index contributed by atoms with van der Waals surface area (Å²) in [4.78, 5) is 8.04. The Bertz CT molecular complexity index is 586. The fraction of sp³-hybridized carbons (Fsp3) is 0.0909. The third kappa shape index (κ3) is 1.52. The third-order valence-electron chi connectivity index (χ3n) is 2.16. The van der Waals surface area contributed by atoms with Crippen LogP contribution in [0.5, 0.6) is 5.75 Å². The average molecular weight is 216 g/mol. The Kier molecular flexibility index (Phi) is 2.07. The predicted octanol–water partition coefficient (Wildman–Crippen LogP) is 2.39. The van der Waals surface area contributed by atoms with Gasteiger partial charge in [-0.3, -0.25) is 0 Å². The normalized spacial score (nSPS) is 10.8. The minimum Gasteiger partial charge on any atom is -0.481 e. The molecule has 5 heteroatoms. The maximum absolute atomic E-state index is 5.54. The Hall–Kier alpha value is -2.30. The Labute approximate surface area is 90.7 Å². The molecule has 0 fully saturated rings. The van der Waals surface area contributed by atoms with Crippen LogP contribution in [0.1, 0.15) is 5.89 Å². The van der Waals surface area contributed by atoms with Crippen molar-refractivity contribution in [1.82, 2.24) is 9.97 Å². The van der Waals surface area contributed by atoms with Gasteiger partial charge < -0.3 is 13.6 Å². The molecule has 3 rings (SSSR count). The van der Waals surface area contributed by atoms with E-state index in [0.717, 1.165) is 0 Å². The lowest BCUT2D eigenvalue weighted by molar-refractivity contribution is 0.265. The van der Waals surface area contributed by atoms with E-state index in [4.69, 9.17) is 13.6 Å². The van der Waals surface area contributed by atoms with Crippen molar-refractivity contribution in [2.45, 2.75) is 6.61 Å². The Morgan fingerprint density at radius 3 is 3.06 bits per heavy atom. The van der Waals surface area contributed by atoms with Crippen LogP contribution in [-0.4, -0.2) is 9.97 Å². The summed E-state index contributed by atoms with van der Waals surface area (Å²) in [6.07, 6.45) is 4.48. The third-order valence-corrected chi connectivity index (χ3v) is 2.16. The molecule has 0 saturated heterocycles. The van der Waals surface area contributed by atoms with E-state index in [9.17, 15) is 0 Å². The Morgan fingerprint density at radius 1 is 1.19 bits per heavy atom. The van der Waals surface area contributed by atoms with E-state index < -0.39 is 0 Å². The first-order chi connectivity index (χ1) is 7.93. The van der Waals surface area contributed by atoms with E-state index in [0.29, 0.717) is 22.7 Å². The minimum absolute atomic E-state index is 0.277. The average Bonchev–Trinajstić information content (AvgIpc) is 2.97. The van der Waals surface area contributed by atoms with Crippen LogP contribution in [0.3, 0.4) is 0 Å². The first kappa shape index (κ1) is 8.96.